The lowest BCUT2D eigenvalue weighted by atomic mass is 9.86. The van der Waals surface area contributed by atoms with Crippen LogP contribution in [0.2, 0.25) is 0 Å². The molecule has 30 heavy (non-hydrogen) atoms. The minimum absolute atomic E-state index is 0.0331. The number of methoxy groups -OCH3 is 1. The predicted octanol–water partition coefficient (Wildman–Crippen LogP) is 2.72. The van der Waals surface area contributed by atoms with Crippen molar-refractivity contribution >= 4 is 33.9 Å². The second-order valence-electron chi connectivity index (χ2n) is 6.75. The van der Waals surface area contributed by atoms with Crippen LogP contribution in [0.15, 0.2) is 48.5 Å². The lowest BCUT2D eigenvalue weighted by Crippen LogP contribution is -2.30. The number of aryl methyl sites for hydroxylation is 1. The largest absolute Gasteiger partial charge is 0.508 e. The number of rotatable bonds is 5. The molecule has 2 atom stereocenters. The van der Waals surface area contributed by atoms with Crippen LogP contribution >= 0.6 is 11.3 Å². The molecular weight excluding hydrogens is 406 g/mol. The number of hydrogen-bond acceptors (Lipinski definition) is 8. The molecule has 1 fully saturated rings. The van der Waals surface area contributed by atoms with Crippen molar-refractivity contribution in [3.05, 3.63) is 64.7 Å². The number of phenols is 1. The lowest BCUT2D eigenvalue weighted by molar-refractivity contribution is -0.135. The van der Waals surface area contributed by atoms with Gasteiger partial charge in [-0.25, -0.2) is 0 Å². The zero-order valence-corrected chi connectivity index (χ0v) is 16.9. The Morgan fingerprint density at radius 1 is 1.07 bits per heavy atom. The number of Topliss-reactive ketones (excluding diaryl/α,β-unsaturated/α-hetero) is 2. The fourth-order valence-electron chi connectivity index (χ4n) is 3.47. The zero-order chi connectivity index (χ0) is 21.4. The van der Waals surface area contributed by atoms with Crippen molar-refractivity contribution in [2.24, 2.45) is 5.92 Å². The number of ether oxygens (including phenoxy) is 1. The highest BCUT2D eigenvalue weighted by atomic mass is 32.1. The highest BCUT2D eigenvalue weighted by molar-refractivity contribution is 7.15. The van der Waals surface area contributed by atoms with Crippen molar-refractivity contribution in [1.82, 2.24) is 10.2 Å². The molecule has 152 valence electrons. The first-order valence-electron chi connectivity index (χ1n) is 9.05. The average Bonchev–Trinajstić information content (AvgIpc) is 3.29. The van der Waals surface area contributed by atoms with E-state index in [9.17, 15) is 19.5 Å². The van der Waals surface area contributed by atoms with E-state index in [4.69, 9.17) is 4.74 Å². The number of carbonyl (C=O) groups is 3. The van der Waals surface area contributed by atoms with Gasteiger partial charge in [-0.2, -0.15) is 0 Å². The second kappa shape index (κ2) is 7.68. The minimum atomic E-state index is -1.25. The summed E-state index contributed by atoms with van der Waals surface area (Å²) in [6.07, 6.45) is 0. The molecule has 1 aliphatic rings. The van der Waals surface area contributed by atoms with Gasteiger partial charge in [0.15, 0.2) is 5.78 Å². The topological polar surface area (TPSA) is 110 Å². The van der Waals surface area contributed by atoms with Crippen molar-refractivity contribution < 1.29 is 24.2 Å². The summed E-state index contributed by atoms with van der Waals surface area (Å²) < 4.78 is 5.11. The number of benzene rings is 2. The van der Waals surface area contributed by atoms with E-state index in [1.165, 1.54) is 24.1 Å². The van der Waals surface area contributed by atoms with Crippen molar-refractivity contribution in [2.45, 2.75) is 13.0 Å². The average molecular weight is 423 g/mol. The molecule has 1 N–H and O–H groups in total. The Balaban J connectivity index is 1.81. The lowest BCUT2D eigenvalue weighted by Gasteiger charge is -2.24. The Kier molecular flexibility index (Phi) is 5.04. The monoisotopic (exact) mass is 423 g/mol. The van der Waals surface area contributed by atoms with E-state index < -0.39 is 29.4 Å². The summed E-state index contributed by atoms with van der Waals surface area (Å²) in [4.78, 5) is 40.4. The second-order valence-corrected chi connectivity index (χ2v) is 7.91. The van der Waals surface area contributed by atoms with E-state index in [2.05, 4.69) is 10.2 Å². The van der Waals surface area contributed by atoms with E-state index in [1.54, 1.807) is 43.3 Å². The molecule has 0 aliphatic carbocycles. The number of aromatic nitrogens is 2. The number of aromatic hydroxyl groups is 1. The van der Waals surface area contributed by atoms with Gasteiger partial charge < -0.3 is 9.84 Å². The predicted molar refractivity (Wildman–Crippen MR) is 109 cm³/mol. The maximum atomic E-state index is 13.3. The zero-order valence-electron chi connectivity index (χ0n) is 16.1. The summed E-state index contributed by atoms with van der Waals surface area (Å²) in [5.41, 5.74) is 0.827. The number of nitrogens with zero attached hydrogens (tertiary/aromatic N) is 3. The molecule has 3 aromatic rings. The Morgan fingerprint density at radius 2 is 1.73 bits per heavy atom. The van der Waals surface area contributed by atoms with Crippen molar-refractivity contribution in [3.63, 3.8) is 0 Å². The summed E-state index contributed by atoms with van der Waals surface area (Å²) >= 11 is 1.16. The van der Waals surface area contributed by atoms with Crippen LogP contribution in [0.1, 0.15) is 27.0 Å². The normalized spacial score (nSPS) is 18.7. The van der Waals surface area contributed by atoms with Gasteiger partial charge in [0.05, 0.1) is 13.2 Å². The van der Waals surface area contributed by atoms with Gasteiger partial charge in [0, 0.05) is 5.56 Å². The van der Waals surface area contributed by atoms with Crippen LogP contribution in [0.5, 0.6) is 11.5 Å². The molecule has 0 bridgehead atoms. The third kappa shape index (κ3) is 3.33. The molecule has 0 spiro atoms. The number of ketones is 2. The molecule has 4 rings (SSSR count). The Morgan fingerprint density at radius 3 is 2.30 bits per heavy atom. The third-order valence-corrected chi connectivity index (χ3v) is 5.76. The van der Waals surface area contributed by atoms with Crippen molar-refractivity contribution in [1.29, 1.82) is 0 Å². The number of hydrogen-bond donors (Lipinski definition) is 1. The van der Waals surface area contributed by atoms with E-state index in [1.807, 2.05) is 0 Å². The van der Waals surface area contributed by atoms with Crippen molar-refractivity contribution in [3.8, 4) is 11.5 Å². The summed E-state index contributed by atoms with van der Waals surface area (Å²) in [6.45, 7) is 1.74. The Hall–Kier alpha value is -3.59. The van der Waals surface area contributed by atoms with Gasteiger partial charge in [-0.05, 0) is 48.9 Å². The summed E-state index contributed by atoms with van der Waals surface area (Å²) in [5, 5.41) is 18.5. The smallest absolute Gasteiger partial charge is 0.297 e. The molecule has 1 aromatic heterocycles. The molecule has 2 heterocycles. The van der Waals surface area contributed by atoms with Gasteiger partial charge in [-0.3, -0.25) is 19.3 Å². The van der Waals surface area contributed by atoms with Gasteiger partial charge in [0.2, 0.25) is 10.9 Å². The molecule has 0 radical (unpaired) electrons. The van der Waals surface area contributed by atoms with Crippen LogP contribution in [0.4, 0.5) is 5.13 Å². The fourth-order valence-corrected chi connectivity index (χ4v) is 4.19. The first-order valence-corrected chi connectivity index (χ1v) is 9.87. The van der Waals surface area contributed by atoms with Gasteiger partial charge in [-0.15, -0.1) is 10.2 Å². The van der Waals surface area contributed by atoms with E-state index in [-0.39, 0.29) is 10.9 Å². The van der Waals surface area contributed by atoms with Gasteiger partial charge >= 0.3 is 0 Å². The Bertz CT molecular complexity index is 1120. The quantitative estimate of drug-likeness (QED) is 0.382. The van der Waals surface area contributed by atoms with Crippen LogP contribution in [0.3, 0.4) is 0 Å². The van der Waals surface area contributed by atoms with E-state index in [0.717, 1.165) is 11.3 Å². The van der Waals surface area contributed by atoms with Gasteiger partial charge in [0.25, 0.3) is 5.91 Å². The van der Waals surface area contributed by atoms with Crippen LogP contribution in [-0.4, -0.2) is 39.9 Å². The maximum Gasteiger partial charge on any atom is 0.297 e. The highest BCUT2D eigenvalue weighted by Gasteiger charge is 2.53. The minimum Gasteiger partial charge on any atom is -0.508 e. The van der Waals surface area contributed by atoms with Crippen LogP contribution in [0.25, 0.3) is 0 Å². The Labute approximate surface area is 175 Å². The number of anilines is 1. The molecular formula is C21H17N3O5S. The molecule has 2 aromatic carbocycles. The van der Waals surface area contributed by atoms with Crippen LogP contribution < -0.4 is 9.64 Å². The highest BCUT2D eigenvalue weighted by Crippen LogP contribution is 2.42. The first-order chi connectivity index (χ1) is 14.4. The third-order valence-electron chi connectivity index (χ3n) is 4.92. The molecule has 1 aliphatic heterocycles. The molecule has 9 heteroatoms. The molecule has 2 unspecified atom stereocenters. The summed E-state index contributed by atoms with van der Waals surface area (Å²) in [5.74, 6) is -2.73. The first kappa shape index (κ1) is 19.7. The van der Waals surface area contributed by atoms with E-state index >= 15 is 0 Å². The SMILES string of the molecule is COc1ccc(C(=O)C2C(=O)C(=O)N(c3nnc(C)s3)C2c2ccc(O)cc2)cc1. The van der Waals surface area contributed by atoms with Gasteiger partial charge in [-0.1, -0.05) is 23.5 Å². The number of phenolic OH excluding ortho intramolecular Hbond substituents is 1. The van der Waals surface area contributed by atoms with Crippen molar-refractivity contribution in [2.75, 3.05) is 12.0 Å². The molecule has 0 saturated carbocycles. The summed E-state index contributed by atoms with van der Waals surface area (Å²) in [7, 11) is 1.51. The van der Waals surface area contributed by atoms with Crippen LogP contribution in [-0.2, 0) is 9.59 Å². The fraction of sp³-hybridized carbons (Fsp3) is 0.190. The standard InChI is InChI=1S/C21H17N3O5S/c1-11-22-23-21(30-11)24-17(12-3-7-14(25)8-4-12)16(19(27)20(24)28)18(26)13-5-9-15(29-2)10-6-13/h3-10,16-17,25H,1-2H3. The number of amides is 1. The van der Waals surface area contributed by atoms with Crippen LogP contribution in [0, 0.1) is 12.8 Å². The molecule has 1 saturated heterocycles. The van der Waals surface area contributed by atoms with E-state index in [0.29, 0.717) is 21.9 Å². The van der Waals surface area contributed by atoms with Gasteiger partial charge in [0.1, 0.15) is 22.4 Å². The number of carbonyl (C=O) groups excluding carboxylic acids is 3. The summed E-state index contributed by atoms with van der Waals surface area (Å²) in [6, 6.07) is 11.5. The maximum absolute atomic E-state index is 13.3. The molecule has 1 amide bonds. The molecule has 8 nitrogen and oxygen atoms in total.